The third kappa shape index (κ3) is 3.38. The minimum Gasteiger partial charge on any atom is -0.326 e. The molecule has 1 aliphatic carbocycles. The molecule has 3 aromatic rings. The zero-order chi connectivity index (χ0) is 17.9. The second kappa shape index (κ2) is 7.12. The molecule has 0 saturated heterocycles. The number of aromatic nitrogens is 1. The fourth-order valence-electron chi connectivity index (χ4n) is 3.73. The van der Waals surface area contributed by atoms with Gasteiger partial charge in [-0.15, -0.1) is 0 Å². The molecule has 1 atom stereocenters. The number of carbonyl (C=O) groups is 1. The molecule has 3 nitrogen and oxygen atoms in total. The summed E-state index contributed by atoms with van der Waals surface area (Å²) in [6.45, 7) is 1.99. The highest BCUT2D eigenvalue weighted by molar-refractivity contribution is 5.96. The summed E-state index contributed by atoms with van der Waals surface area (Å²) in [6.07, 6.45) is 4.87. The molecule has 1 heterocycles. The molecule has 0 bridgehead atoms. The standard InChI is InChI=1S/C23H22N2O/c1-16-15-19(13-14-24-16)17-9-11-20(12-10-17)25-23(26)22-8-4-6-18-5-2-3-7-21(18)22/h2-3,5,7,9-15,22H,4,6,8H2,1H3,(H,25,26). The van der Waals surface area contributed by atoms with Crippen molar-refractivity contribution < 1.29 is 4.79 Å². The molecule has 0 spiro atoms. The normalized spacial score (nSPS) is 16.0. The van der Waals surface area contributed by atoms with Gasteiger partial charge in [-0.2, -0.15) is 0 Å². The van der Waals surface area contributed by atoms with Crippen LogP contribution in [0.4, 0.5) is 5.69 Å². The van der Waals surface area contributed by atoms with E-state index >= 15 is 0 Å². The molecular formula is C23H22N2O. The van der Waals surface area contributed by atoms with Crippen LogP contribution in [-0.4, -0.2) is 10.9 Å². The van der Waals surface area contributed by atoms with E-state index in [9.17, 15) is 4.79 Å². The van der Waals surface area contributed by atoms with Crippen LogP contribution in [0.2, 0.25) is 0 Å². The van der Waals surface area contributed by atoms with Crippen LogP contribution in [0, 0.1) is 6.92 Å². The number of rotatable bonds is 3. The molecule has 1 aliphatic rings. The Bertz CT molecular complexity index is 931. The Balaban J connectivity index is 1.50. The van der Waals surface area contributed by atoms with Gasteiger partial charge in [0.2, 0.25) is 5.91 Å². The zero-order valence-electron chi connectivity index (χ0n) is 14.9. The highest BCUT2D eigenvalue weighted by Crippen LogP contribution is 2.32. The highest BCUT2D eigenvalue weighted by Gasteiger charge is 2.26. The first kappa shape index (κ1) is 16.5. The molecule has 26 heavy (non-hydrogen) atoms. The van der Waals surface area contributed by atoms with E-state index in [1.165, 1.54) is 11.1 Å². The molecule has 1 amide bonds. The number of nitrogens with one attached hydrogen (secondary N) is 1. The Morgan fingerprint density at radius 1 is 1.04 bits per heavy atom. The second-order valence-electron chi connectivity index (χ2n) is 6.90. The fraction of sp³-hybridized carbons (Fsp3) is 0.217. The fourth-order valence-corrected chi connectivity index (χ4v) is 3.73. The minimum atomic E-state index is -0.0533. The Kier molecular flexibility index (Phi) is 4.53. The van der Waals surface area contributed by atoms with E-state index in [0.29, 0.717) is 0 Å². The van der Waals surface area contributed by atoms with E-state index in [1.807, 2.05) is 49.5 Å². The summed E-state index contributed by atoms with van der Waals surface area (Å²) in [5.74, 6) is 0.0344. The summed E-state index contributed by atoms with van der Waals surface area (Å²) >= 11 is 0. The van der Waals surface area contributed by atoms with Crippen molar-refractivity contribution in [2.24, 2.45) is 0 Å². The summed E-state index contributed by atoms with van der Waals surface area (Å²) in [5.41, 5.74) is 6.58. The van der Waals surface area contributed by atoms with Crippen LogP contribution in [0.5, 0.6) is 0 Å². The molecule has 0 radical (unpaired) electrons. The van der Waals surface area contributed by atoms with Crippen molar-refractivity contribution in [3.8, 4) is 11.1 Å². The maximum Gasteiger partial charge on any atom is 0.231 e. The van der Waals surface area contributed by atoms with Crippen molar-refractivity contribution in [1.82, 2.24) is 4.98 Å². The van der Waals surface area contributed by atoms with E-state index < -0.39 is 0 Å². The number of pyridine rings is 1. The van der Waals surface area contributed by atoms with Crippen LogP contribution in [0.15, 0.2) is 66.9 Å². The summed E-state index contributed by atoms with van der Waals surface area (Å²) in [5, 5.41) is 3.09. The Morgan fingerprint density at radius 3 is 2.65 bits per heavy atom. The van der Waals surface area contributed by atoms with E-state index in [1.54, 1.807) is 0 Å². The Morgan fingerprint density at radius 2 is 1.85 bits per heavy atom. The van der Waals surface area contributed by atoms with Crippen molar-refractivity contribution in [1.29, 1.82) is 0 Å². The van der Waals surface area contributed by atoms with Gasteiger partial charge in [-0.3, -0.25) is 9.78 Å². The van der Waals surface area contributed by atoms with Crippen LogP contribution in [-0.2, 0) is 11.2 Å². The molecule has 3 heteroatoms. The number of aryl methyl sites for hydroxylation is 2. The molecule has 1 N–H and O–H groups in total. The SMILES string of the molecule is Cc1cc(-c2ccc(NC(=O)C3CCCc4ccccc43)cc2)ccn1. The van der Waals surface area contributed by atoms with Gasteiger partial charge in [-0.1, -0.05) is 36.4 Å². The van der Waals surface area contributed by atoms with Crippen LogP contribution >= 0.6 is 0 Å². The smallest absolute Gasteiger partial charge is 0.231 e. The van der Waals surface area contributed by atoms with Gasteiger partial charge in [0.15, 0.2) is 0 Å². The van der Waals surface area contributed by atoms with Crippen molar-refractivity contribution in [3.63, 3.8) is 0 Å². The molecule has 0 saturated carbocycles. The number of hydrogen-bond acceptors (Lipinski definition) is 2. The van der Waals surface area contributed by atoms with E-state index in [4.69, 9.17) is 0 Å². The topological polar surface area (TPSA) is 42.0 Å². The lowest BCUT2D eigenvalue weighted by Crippen LogP contribution is -2.24. The van der Waals surface area contributed by atoms with Gasteiger partial charge in [0, 0.05) is 17.6 Å². The molecule has 0 aliphatic heterocycles. The quantitative estimate of drug-likeness (QED) is 0.718. The summed E-state index contributed by atoms with van der Waals surface area (Å²) in [7, 11) is 0. The molecular weight excluding hydrogens is 320 g/mol. The number of nitrogens with zero attached hydrogens (tertiary/aromatic N) is 1. The van der Waals surface area contributed by atoms with Crippen LogP contribution in [0.25, 0.3) is 11.1 Å². The van der Waals surface area contributed by atoms with E-state index in [-0.39, 0.29) is 11.8 Å². The van der Waals surface area contributed by atoms with E-state index in [0.717, 1.165) is 41.8 Å². The lowest BCUT2D eigenvalue weighted by Gasteiger charge is -2.24. The third-order valence-electron chi connectivity index (χ3n) is 5.07. The average Bonchev–Trinajstić information content (AvgIpc) is 2.68. The van der Waals surface area contributed by atoms with Crippen molar-refractivity contribution >= 4 is 11.6 Å². The Hall–Kier alpha value is -2.94. The third-order valence-corrected chi connectivity index (χ3v) is 5.07. The van der Waals surface area contributed by atoms with Gasteiger partial charge in [0.1, 0.15) is 0 Å². The Labute approximate surface area is 154 Å². The number of anilines is 1. The lowest BCUT2D eigenvalue weighted by atomic mass is 9.82. The first-order chi connectivity index (χ1) is 12.7. The summed E-state index contributed by atoms with van der Waals surface area (Å²) in [6, 6.07) is 20.4. The molecule has 2 aromatic carbocycles. The maximum atomic E-state index is 12.8. The van der Waals surface area contributed by atoms with Crippen LogP contribution < -0.4 is 5.32 Å². The van der Waals surface area contributed by atoms with E-state index in [2.05, 4.69) is 34.6 Å². The maximum absolute atomic E-state index is 12.8. The molecule has 1 aromatic heterocycles. The first-order valence-electron chi connectivity index (χ1n) is 9.12. The van der Waals surface area contributed by atoms with Gasteiger partial charge in [0.05, 0.1) is 5.92 Å². The predicted octanol–water partition coefficient (Wildman–Crippen LogP) is 5.12. The molecule has 4 rings (SSSR count). The van der Waals surface area contributed by atoms with Crippen molar-refractivity contribution in [2.45, 2.75) is 32.1 Å². The minimum absolute atomic E-state index is 0.0533. The molecule has 0 fully saturated rings. The number of fused-ring (bicyclic) bond motifs is 1. The van der Waals surface area contributed by atoms with Crippen LogP contribution in [0.3, 0.4) is 0 Å². The van der Waals surface area contributed by atoms with Gasteiger partial charge in [0.25, 0.3) is 0 Å². The first-order valence-corrected chi connectivity index (χ1v) is 9.12. The lowest BCUT2D eigenvalue weighted by molar-refractivity contribution is -0.117. The monoisotopic (exact) mass is 342 g/mol. The number of amides is 1. The number of hydrogen-bond donors (Lipinski definition) is 1. The van der Waals surface area contributed by atoms with Gasteiger partial charge < -0.3 is 5.32 Å². The van der Waals surface area contributed by atoms with Crippen molar-refractivity contribution in [3.05, 3.63) is 83.7 Å². The van der Waals surface area contributed by atoms with Gasteiger partial charge >= 0.3 is 0 Å². The number of carbonyl (C=O) groups excluding carboxylic acids is 1. The summed E-state index contributed by atoms with van der Waals surface area (Å²) < 4.78 is 0. The molecule has 1 unspecified atom stereocenters. The predicted molar refractivity (Wildman–Crippen MR) is 105 cm³/mol. The summed E-state index contributed by atoms with van der Waals surface area (Å²) in [4.78, 5) is 17.0. The average molecular weight is 342 g/mol. The largest absolute Gasteiger partial charge is 0.326 e. The van der Waals surface area contributed by atoms with Crippen LogP contribution in [0.1, 0.15) is 35.6 Å². The molecule has 130 valence electrons. The highest BCUT2D eigenvalue weighted by atomic mass is 16.1. The zero-order valence-corrected chi connectivity index (χ0v) is 14.9. The van der Waals surface area contributed by atoms with Gasteiger partial charge in [-0.05, 0) is 72.7 Å². The second-order valence-corrected chi connectivity index (χ2v) is 6.90. The van der Waals surface area contributed by atoms with Gasteiger partial charge in [-0.25, -0.2) is 0 Å². The number of benzene rings is 2. The van der Waals surface area contributed by atoms with Crippen molar-refractivity contribution in [2.75, 3.05) is 5.32 Å².